The second-order valence-electron chi connectivity index (χ2n) is 27.1. The number of allylic oxidation sites excluding steroid dienone is 4. The Bertz CT molecular complexity index is 4990. The Morgan fingerprint density at radius 2 is 0.510 bits per heavy atom. The van der Waals surface area contributed by atoms with Crippen LogP contribution in [0.2, 0.25) is 0 Å². The van der Waals surface area contributed by atoms with Gasteiger partial charge < -0.3 is 28.7 Å². The fourth-order valence-corrected chi connectivity index (χ4v) is 14.7. The van der Waals surface area contributed by atoms with Gasteiger partial charge in [-0.2, -0.15) is 0 Å². The van der Waals surface area contributed by atoms with E-state index in [1.54, 1.807) is 0 Å². The lowest BCUT2D eigenvalue weighted by Gasteiger charge is -2.30. The van der Waals surface area contributed by atoms with E-state index in [4.69, 9.17) is 13.2 Å². The van der Waals surface area contributed by atoms with Crippen LogP contribution in [-0.4, -0.2) is 9.13 Å². The van der Waals surface area contributed by atoms with E-state index in [1.807, 2.05) is 0 Å². The number of hydrogen-bond donors (Lipinski definition) is 0. The molecule has 0 amide bonds. The van der Waals surface area contributed by atoms with Crippen molar-refractivity contribution in [2.75, 3.05) is 19.6 Å². The van der Waals surface area contributed by atoms with E-state index in [2.05, 4.69) is 401 Å². The number of hydrogen-bond acceptors (Lipinski definition) is 4. The molecule has 0 unspecified atom stereocenters. The zero-order chi connectivity index (χ0) is 70.7. The standard InChI is InChI=1S/C96H86N6/c1-65(2)99(79-49-31-67(5)32-50-79)81-57-41-73(42-58-81)91(93-87-27-19-21-29-89(87)97(11)95(93)77-23-15-13-16-24-77)75-45-61-85(62-46-75)101(83-53-35-69(7)36-54-83)71(9)39-40-72(10)102(84-55-37-70(8)38-56-84)86-63-47-76(48-64-86)92(74-43-59-82(60-44-74)100(66(3)4)80-51-33-68(6)34-52-80)94-88-28-20-22-30-90(88)98(12)96(94)78-25-17-14-18-26-78/h13-38,41-64H,1,3,9-10,39-40H2,2,4-8,11-12H3/q+2. The van der Waals surface area contributed by atoms with Crippen molar-refractivity contribution in [3.8, 4) is 22.5 Å². The molecule has 2 aromatic heterocycles. The van der Waals surface area contributed by atoms with E-state index in [9.17, 15) is 0 Å². The third-order valence-corrected chi connectivity index (χ3v) is 19.7. The minimum Gasteiger partial charge on any atom is -0.316 e. The third-order valence-electron chi connectivity index (χ3n) is 19.7. The predicted molar refractivity (Wildman–Crippen MR) is 434 cm³/mol. The smallest absolute Gasteiger partial charge is 0.103 e. The van der Waals surface area contributed by atoms with Crippen LogP contribution in [0.4, 0.5) is 45.5 Å². The van der Waals surface area contributed by atoms with Crippen molar-refractivity contribution < 1.29 is 0 Å². The largest absolute Gasteiger partial charge is 0.316 e. The van der Waals surface area contributed by atoms with E-state index < -0.39 is 0 Å². The molecule has 498 valence electrons. The number of fused-ring (bicyclic) bond motifs is 2. The average Bonchev–Trinajstić information content (AvgIpc) is 1.45. The van der Waals surface area contributed by atoms with Crippen LogP contribution < -0.4 is 19.6 Å². The maximum atomic E-state index is 4.93. The van der Waals surface area contributed by atoms with Crippen LogP contribution in [0.15, 0.2) is 352 Å². The molecule has 6 nitrogen and oxygen atoms in total. The van der Waals surface area contributed by atoms with Gasteiger partial charge in [0.1, 0.15) is 11.4 Å². The Hall–Kier alpha value is -12.4. The second-order valence-corrected chi connectivity index (χ2v) is 27.1. The number of aromatic nitrogens is 2. The lowest BCUT2D eigenvalue weighted by Crippen LogP contribution is -2.19. The van der Waals surface area contributed by atoms with Crippen molar-refractivity contribution in [1.82, 2.24) is 9.13 Å². The highest BCUT2D eigenvalue weighted by Crippen LogP contribution is 2.48. The molecule has 0 saturated heterocycles. The highest BCUT2D eigenvalue weighted by molar-refractivity contribution is 5.98. The van der Waals surface area contributed by atoms with Crippen LogP contribution in [0.1, 0.15) is 82.3 Å². The molecule has 0 aliphatic heterocycles. The summed E-state index contributed by atoms with van der Waals surface area (Å²) in [6, 6.07) is 110. The van der Waals surface area contributed by atoms with Crippen LogP contribution >= 0.6 is 0 Å². The van der Waals surface area contributed by atoms with Crippen molar-refractivity contribution in [3.63, 3.8) is 0 Å². The van der Waals surface area contributed by atoms with E-state index in [-0.39, 0.29) is 0 Å². The molecule has 6 heteroatoms. The summed E-state index contributed by atoms with van der Waals surface area (Å²) in [6.07, 6.45) is 1.26. The first-order valence-electron chi connectivity index (χ1n) is 35.1. The van der Waals surface area contributed by atoms with E-state index in [0.29, 0.717) is 12.8 Å². The van der Waals surface area contributed by atoms with Gasteiger partial charge >= 0.3 is 0 Å². The molecular weight excluding hydrogens is 1240 g/mol. The maximum absolute atomic E-state index is 4.93. The first kappa shape index (κ1) is 66.8. The Kier molecular flexibility index (Phi) is 18.9. The summed E-state index contributed by atoms with van der Waals surface area (Å²) in [5, 5.41) is 2.37. The number of aryl methyl sites for hydroxylation is 6. The van der Waals surface area contributed by atoms with Gasteiger partial charge in [-0.05, 0) is 249 Å². The molecule has 102 heavy (non-hydrogen) atoms. The summed E-state index contributed by atoms with van der Waals surface area (Å²) >= 11 is 0. The van der Waals surface area contributed by atoms with Gasteiger partial charge in [0.25, 0.3) is 0 Å². The molecule has 14 aromatic rings. The van der Waals surface area contributed by atoms with E-state index in [1.165, 1.54) is 44.2 Å². The minimum atomic E-state index is 0.628. The van der Waals surface area contributed by atoms with Gasteiger partial charge in [-0.3, -0.25) is 0 Å². The van der Waals surface area contributed by atoms with Gasteiger partial charge in [0.05, 0.1) is 89.8 Å². The van der Waals surface area contributed by atoms with Crippen LogP contribution in [0.3, 0.4) is 0 Å². The average molecular weight is 1320 g/mol. The fourth-order valence-electron chi connectivity index (χ4n) is 14.7. The Labute approximate surface area is 603 Å². The van der Waals surface area contributed by atoms with Gasteiger partial charge in [-0.1, -0.05) is 158 Å². The number of benzene rings is 12. The molecule has 12 aromatic carbocycles. The zero-order valence-corrected chi connectivity index (χ0v) is 59.8. The molecule has 0 N–H and O–H groups in total. The summed E-state index contributed by atoms with van der Waals surface area (Å²) < 4.78 is 4.70. The van der Waals surface area contributed by atoms with Crippen molar-refractivity contribution in [2.24, 2.45) is 14.1 Å². The molecule has 0 aliphatic carbocycles. The third kappa shape index (κ3) is 13.3. The number of anilines is 8. The Balaban J connectivity index is 0.813. The summed E-state index contributed by atoms with van der Waals surface area (Å²) in [4.78, 5) is 9.08. The normalized spacial score (nSPS) is 11.2. The lowest BCUT2D eigenvalue weighted by molar-refractivity contribution is 0.875. The van der Waals surface area contributed by atoms with Crippen LogP contribution in [0.25, 0.3) is 44.3 Å². The van der Waals surface area contributed by atoms with Crippen LogP contribution in [0.5, 0.6) is 0 Å². The highest BCUT2D eigenvalue weighted by atomic mass is 15.2. The molecule has 0 saturated carbocycles. The first-order chi connectivity index (χ1) is 49.6. The summed E-state index contributed by atoms with van der Waals surface area (Å²) in [7, 11) is 4.38. The molecule has 14 rings (SSSR count). The second kappa shape index (κ2) is 28.8. The van der Waals surface area contributed by atoms with Gasteiger partial charge in [-0.15, -0.1) is 0 Å². The molecule has 0 bridgehead atoms. The number of rotatable bonds is 23. The highest BCUT2D eigenvalue weighted by Gasteiger charge is 2.35. The van der Waals surface area contributed by atoms with E-state index in [0.717, 1.165) is 136 Å². The molecule has 0 aliphatic rings. The van der Waals surface area contributed by atoms with Crippen LogP contribution in [0, 0.1) is 39.5 Å². The lowest BCUT2D eigenvalue weighted by atomic mass is 9.82. The number of para-hydroxylation sites is 2. The minimum absolute atomic E-state index is 0.628. The van der Waals surface area contributed by atoms with E-state index >= 15 is 0 Å². The topological polar surface area (TPSA) is 22.8 Å². The Morgan fingerprint density at radius 3 is 0.765 bits per heavy atom. The number of nitrogens with zero attached hydrogens (tertiary/aromatic N) is 6. The first-order valence-corrected chi connectivity index (χ1v) is 35.1. The summed E-state index contributed by atoms with van der Waals surface area (Å²) in [5.74, 6) is 2.28. The predicted octanol–water partition coefficient (Wildman–Crippen LogP) is 25.4. The van der Waals surface area contributed by atoms with Gasteiger partial charge in [0.2, 0.25) is 0 Å². The van der Waals surface area contributed by atoms with Crippen molar-refractivity contribution in [3.05, 3.63) is 420 Å². The molecule has 2 heterocycles. The Morgan fingerprint density at radius 1 is 0.284 bits per heavy atom. The van der Waals surface area contributed by atoms with Crippen molar-refractivity contribution in [1.29, 1.82) is 0 Å². The van der Waals surface area contributed by atoms with Crippen molar-refractivity contribution in [2.45, 2.75) is 54.4 Å². The molecule has 0 radical (unpaired) electrons. The summed E-state index contributed by atoms with van der Waals surface area (Å²) in [5.41, 5.74) is 30.6. The molecule has 0 atom stereocenters. The monoisotopic (exact) mass is 1320 g/mol. The quantitative estimate of drug-likeness (QED) is 0.0596. The van der Waals surface area contributed by atoms with Gasteiger partial charge in [0, 0.05) is 70.8 Å². The van der Waals surface area contributed by atoms with Crippen molar-refractivity contribution >= 4 is 67.3 Å². The van der Waals surface area contributed by atoms with Gasteiger partial charge in [-0.25, -0.2) is 0 Å². The SMILES string of the molecule is C=C(C)N(c1ccc(C)cc1)c1ccc([C+](c2ccc(N(C(=C)CCC(=C)N(c3ccc(C)cc3)c3ccc([C+](c4ccc(N(C(=C)C)c5ccc(C)cc5)cc4)c4c(-c5ccccc5)n(C)c5ccccc45)cc3)c3ccc(C)cc3)cc2)c2c(-c3ccccc3)n(C)c3ccccc23)cc1. The fraction of sp³-hybridized carbons (Fsp3) is 0.104. The maximum Gasteiger partial charge on any atom is 0.103 e. The molecule has 0 spiro atoms. The van der Waals surface area contributed by atoms with Gasteiger partial charge in [0.15, 0.2) is 0 Å². The summed E-state index contributed by atoms with van der Waals surface area (Å²) in [6.45, 7) is 31.4. The molecular formula is C96H86N6+2. The molecule has 0 fully saturated rings. The zero-order valence-electron chi connectivity index (χ0n) is 59.8. The van der Waals surface area contributed by atoms with Crippen LogP contribution in [-0.2, 0) is 14.1 Å².